The molecule has 0 aliphatic heterocycles. The number of carboxylic acid groups (broad SMARTS) is 1. The molecule has 0 heterocycles. The molecule has 0 saturated heterocycles. The van der Waals surface area contributed by atoms with Crippen molar-refractivity contribution in [2.24, 2.45) is 0 Å². The first-order valence-electron chi connectivity index (χ1n) is 8.19. The Kier molecular flexibility index (Phi) is 7.03. The number of ether oxygens (including phenoxy) is 1. The summed E-state index contributed by atoms with van der Waals surface area (Å²) < 4.78 is 5.48. The molecule has 2 rings (SSSR count). The monoisotopic (exact) mass is 420 g/mol. The summed E-state index contributed by atoms with van der Waals surface area (Å²) in [4.78, 5) is 26.7. The molecule has 0 atom stereocenters. The molecule has 0 unspecified atom stereocenters. The normalized spacial score (nSPS) is 10.3. The first-order chi connectivity index (χ1) is 12.5. The first-order valence-corrected chi connectivity index (χ1v) is 9.31. The second kappa shape index (κ2) is 9.24. The van der Waals surface area contributed by atoms with Crippen LogP contribution < -0.4 is 14.5 Å². The number of benzene rings is 2. The summed E-state index contributed by atoms with van der Waals surface area (Å²) in [5.74, 6) is 0.292. The number of alkyl halides is 1. The van der Waals surface area contributed by atoms with Gasteiger partial charge in [-0.05, 0) is 37.6 Å². The van der Waals surface area contributed by atoms with Crippen LogP contribution in [0.3, 0.4) is 0 Å². The molecule has 1 N–H and O–H groups in total. The van der Waals surface area contributed by atoms with E-state index in [2.05, 4.69) is 15.9 Å². The third-order valence-corrected chi connectivity index (χ3v) is 4.17. The van der Waals surface area contributed by atoms with Crippen molar-refractivity contribution < 1.29 is 19.4 Å². The predicted octanol–water partition coefficient (Wildman–Crippen LogP) is 4.90. The maximum absolute atomic E-state index is 12.6. The lowest BCUT2D eigenvalue weighted by molar-refractivity contribution is 0.202. The van der Waals surface area contributed by atoms with Gasteiger partial charge in [0, 0.05) is 30.2 Å². The minimum absolute atomic E-state index is 0.289. The summed E-state index contributed by atoms with van der Waals surface area (Å²) in [5.41, 5.74) is 2.19. The predicted molar refractivity (Wildman–Crippen MR) is 106 cm³/mol. The van der Waals surface area contributed by atoms with E-state index in [0.717, 1.165) is 11.3 Å². The number of nitrogens with zero attached hydrogens (tertiary/aromatic N) is 2. The highest BCUT2D eigenvalue weighted by Gasteiger charge is 2.19. The van der Waals surface area contributed by atoms with Crippen LogP contribution in [0.25, 0.3) is 0 Å². The average molecular weight is 421 g/mol. The van der Waals surface area contributed by atoms with Crippen LogP contribution in [0.15, 0.2) is 48.5 Å². The highest BCUT2D eigenvalue weighted by atomic mass is 79.9. The Morgan fingerprint density at radius 2 is 1.85 bits per heavy atom. The van der Waals surface area contributed by atoms with Crippen LogP contribution in [0.4, 0.5) is 21.0 Å². The molecule has 2 aromatic carbocycles. The van der Waals surface area contributed by atoms with E-state index >= 15 is 0 Å². The average Bonchev–Trinajstić information content (AvgIpc) is 2.62. The van der Waals surface area contributed by atoms with Gasteiger partial charge in [0.15, 0.2) is 0 Å². The Balaban J connectivity index is 2.22. The van der Waals surface area contributed by atoms with Gasteiger partial charge in [-0.25, -0.2) is 9.59 Å². The van der Waals surface area contributed by atoms with Gasteiger partial charge >= 0.3 is 12.2 Å². The lowest BCUT2D eigenvalue weighted by Gasteiger charge is -2.23. The fourth-order valence-corrected chi connectivity index (χ4v) is 2.91. The zero-order valence-corrected chi connectivity index (χ0v) is 16.3. The Morgan fingerprint density at radius 3 is 2.46 bits per heavy atom. The van der Waals surface area contributed by atoms with E-state index in [1.807, 2.05) is 38.1 Å². The Labute approximate surface area is 161 Å². The van der Waals surface area contributed by atoms with Gasteiger partial charge in [0.25, 0.3) is 0 Å². The zero-order chi connectivity index (χ0) is 19.1. The van der Waals surface area contributed by atoms with E-state index in [9.17, 15) is 14.7 Å². The summed E-state index contributed by atoms with van der Waals surface area (Å²) in [7, 11) is 0. The van der Waals surface area contributed by atoms with E-state index in [4.69, 9.17) is 4.74 Å². The van der Waals surface area contributed by atoms with E-state index in [0.29, 0.717) is 23.3 Å². The van der Waals surface area contributed by atoms with Crippen molar-refractivity contribution in [2.75, 3.05) is 28.2 Å². The molecule has 0 aromatic heterocycles. The summed E-state index contributed by atoms with van der Waals surface area (Å²) in [6.45, 7) is 4.54. The van der Waals surface area contributed by atoms with Crippen LogP contribution in [-0.2, 0) is 0 Å². The van der Waals surface area contributed by atoms with Crippen LogP contribution in [0.1, 0.15) is 12.5 Å². The SMILES string of the molecule is CCN(C(=O)Oc1cccc(N(CCBr)C(=O)O)c1)c1ccccc1C. The fourth-order valence-electron chi connectivity index (χ4n) is 2.55. The number of aryl methyl sites for hydroxylation is 1. The molecule has 138 valence electrons. The Morgan fingerprint density at radius 1 is 1.12 bits per heavy atom. The Hall–Kier alpha value is -2.54. The van der Waals surface area contributed by atoms with Gasteiger partial charge < -0.3 is 9.84 Å². The van der Waals surface area contributed by atoms with Crippen molar-refractivity contribution in [3.63, 3.8) is 0 Å². The number of rotatable bonds is 6. The third kappa shape index (κ3) is 4.76. The number of hydrogen-bond donors (Lipinski definition) is 1. The number of amides is 2. The zero-order valence-electron chi connectivity index (χ0n) is 14.7. The second-order valence-corrected chi connectivity index (χ2v) is 6.31. The van der Waals surface area contributed by atoms with Gasteiger partial charge in [0.1, 0.15) is 5.75 Å². The molecule has 0 aliphatic rings. The minimum atomic E-state index is -1.07. The molecule has 0 aliphatic carbocycles. The molecule has 26 heavy (non-hydrogen) atoms. The van der Waals surface area contributed by atoms with Crippen LogP contribution in [0.5, 0.6) is 5.75 Å². The van der Waals surface area contributed by atoms with E-state index in [1.165, 1.54) is 9.80 Å². The molecule has 0 spiro atoms. The highest BCUT2D eigenvalue weighted by Crippen LogP contribution is 2.24. The maximum Gasteiger partial charge on any atom is 0.419 e. The van der Waals surface area contributed by atoms with Crippen LogP contribution in [0, 0.1) is 6.92 Å². The summed E-state index contributed by atoms with van der Waals surface area (Å²) in [6, 6.07) is 14.0. The summed E-state index contributed by atoms with van der Waals surface area (Å²) in [5, 5.41) is 9.83. The third-order valence-electron chi connectivity index (χ3n) is 3.82. The molecular formula is C19H21BrN2O4. The van der Waals surface area contributed by atoms with Gasteiger partial charge in [-0.3, -0.25) is 9.80 Å². The number of halogens is 1. The summed E-state index contributed by atoms with van der Waals surface area (Å²) in [6.07, 6.45) is -1.58. The quantitative estimate of drug-likeness (QED) is 0.674. The van der Waals surface area contributed by atoms with E-state index < -0.39 is 12.2 Å². The number of carbonyl (C=O) groups is 2. The molecule has 0 radical (unpaired) electrons. The highest BCUT2D eigenvalue weighted by molar-refractivity contribution is 9.09. The number of hydrogen-bond acceptors (Lipinski definition) is 3. The van der Waals surface area contributed by atoms with Gasteiger partial charge in [-0.2, -0.15) is 0 Å². The molecule has 2 aromatic rings. The minimum Gasteiger partial charge on any atom is -0.465 e. The fraction of sp³-hybridized carbons (Fsp3) is 0.263. The first kappa shape index (κ1) is 19.8. The smallest absolute Gasteiger partial charge is 0.419 e. The van der Waals surface area contributed by atoms with Crippen LogP contribution >= 0.6 is 15.9 Å². The van der Waals surface area contributed by atoms with Crippen LogP contribution in [0.2, 0.25) is 0 Å². The van der Waals surface area contributed by atoms with Crippen molar-refractivity contribution in [3.8, 4) is 5.75 Å². The molecule has 0 bridgehead atoms. The second-order valence-electron chi connectivity index (χ2n) is 5.52. The van der Waals surface area contributed by atoms with Crippen LogP contribution in [-0.4, -0.2) is 35.7 Å². The molecule has 0 saturated carbocycles. The summed E-state index contributed by atoms with van der Waals surface area (Å²) >= 11 is 3.24. The van der Waals surface area contributed by atoms with E-state index in [1.54, 1.807) is 24.3 Å². The lowest BCUT2D eigenvalue weighted by Crippen LogP contribution is -2.34. The van der Waals surface area contributed by atoms with Gasteiger partial charge in [-0.15, -0.1) is 0 Å². The lowest BCUT2D eigenvalue weighted by atomic mass is 10.2. The molecule has 0 fully saturated rings. The molecule has 2 amide bonds. The molecular weight excluding hydrogens is 400 g/mol. The largest absolute Gasteiger partial charge is 0.465 e. The van der Waals surface area contributed by atoms with Gasteiger partial charge in [0.05, 0.1) is 5.69 Å². The van der Waals surface area contributed by atoms with E-state index in [-0.39, 0.29) is 6.54 Å². The van der Waals surface area contributed by atoms with Crippen molar-refractivity contribution in [1.82, 2.24) is 0 Å². The molecule has 6 nitrogen and oxygen atoms in total. The number of para-hydroxylation sites is 1. The van der Waals surface area contributed by atoms with Crippen molar-refractivity contribution in [2.45, 2.75) is 13.8 Å². The van der Waals surface area contributed by atoms with Gasteiger partial charge in [-0.1, -0.05) is 40.2 Å². The Bertz CT molecular complexity index is 782. The number of carbonyl (C=O) groups excluding carboxylic acids is 1. The maximum atomic E-state index is 12.6. The van der Waals surface area contributed by atoms with Crippen molar-refractivity contribution >= 4 is 39.5 Å². The topological polar surface area (TPSA) is 70.1 Å². The van der Waals surface area contributed by atoms with Crippen molar-refractivity contribution in [3.05, 3.63) is 54.1 Å². The number of anilines is 2. The molecule has 7 heteroatoms. The standard InChI is InChI=1S/C19H21BrN2O4/c1-3-21(17-10-5-4-7-14(17)2)19(25)26-16-9-6-8-15(13-16)22(12-11-20)18(23)24/h4-10,13H,3,11-12H2,1-2H3,(H,23,24). The van der Waals surface area contributed by atoms with Gasteiger partial charge in [0.2, 0.25) is 0 Å². The van der Waals surface area contributed by atoms with Crippen molar-refractivity contribution in [1.29, 1.82) is 0 Å².